The third-order valence-corrected chi connectivity index (χ3v) is 2.29. The minimum atomic E-state index is -0.630. The molecular weight excluding hydrogens is 252 g/mol. The molecule has 0 aromatic rings. The van der Waals surface area contributed by atoms with Gasteiger partial charge in [0.1, 0.15) is 0 Å². The number of carbonyl (C=O) groups is 4. The van der Waals surface area contributed by atoms with Crippen LogP contribution in [0.25, 0.3) is 0 Å². The van der Waals surface area contributed by atoms with Crippen LogP contribution in [0.4, 0.5) is 4.79 Å². The Hall–Kier alpha value is -2.12. The first kappa shape index (κ1) is 16.9. The second kappa shape index (κ2) is 8.90. The second-order valence-corrected chi connectivity index (χ2v) is 4.07. The zero-order valence-corrected chi connectivity index (χ0v) is 11.1. The molecule has 0 unspecified atom stereocenters. The molecule has 0 heterocycles. The molecule has 0 spiro atoms. The molecule has 8 nitrogen and oxygen atoms in total. The van der Waals surface area contributed by atoms with Crippen LogP contribution in [0.2, 0.25) is 0 Å². The van der Waals surface area contributed by atoms with Gasteiger partial charge < -0.3 is 21.7 Å². The largest absolute Gasteiger partial charge is 0.352 e. The van der Waals surface area contributed by atoms with Gasteiger partial charge in [0.25, 0.3) is 0 Å². The van der Waals surface area contributed by atoms with Gasteiger partial charge >= 0.3 is 6.03 Å². The van der Waals surface area contributed by atoms with E-state index in [2.05, 4.69) is 16.0 Å². The molecule has 0 saturated heterocycles. The van der Waals surface area contributed by atoms with Crippen LogP contribution in [0.15, 0.2) is 0 Å². The van der Waals surface area contributed by atoms with Crippen molar-refractivity contribution in [2.24, 2.45) is 5.73 Å². The SMILES string of the molecule is CC(=O)NCC(=O)N[C@@H](CCCNC(N)=O)C(C)=O. The second-order valence-electron chi connectivity index (χ2n) is 4.07. The molecule has 0 aromatic heterocycles. The van der Waals surface area contributed by atoms with E-state index in [0.29, 0.717) is 19.4 Å². The van der Waals surface area contributed by atoms with Crippen LogP contribution in [-0.4, -0.2) is 42.8 Å². The van der Waals surface area contributed by atoms with E-state index in [1.807, 2.05) is 0 Å². The number of rotatable bonds is 8. The highest BCUT2D eigenvalue weighted by Gasteiger charge is 2.16. The fourth-order valence-electron chi connectivity index (χ4n) is 1.34. The Bertz CT molecular complexity index is 357. The van der Waals surface area contributed by atoms with Crippen molar-refractivity contribution in [3.05, 3.63) is 0 Å². The topological polar surface area (TPSA) is 130 Å². The summed E-state index contributed by atoms with van der Waals surface area (Å²) in [6, 6.07) is -1.26. The number of ketones is 1. The normalized spacial score (nSPS) is 11.3. The van der Waals surface area contributed by atoms with E-state index in [1.54, 1.807) is 0 Å². The Morgan fingerprint density at radius 1 is 1.11 bits per heavy atom. The molecule has 8 heteroatoms. The predicted octanol–water partition coefficient (Wildman–Crippen LogP) is -1.36. The van der Waals surface area contributed by atoms with Gasteiger partial charge in [-0.2, -0.15) is 0 Å². The monoisotopic (exact) mass is 272 g/mol. The number of carbonyl (C=O) groups excluding carboxylic acids is 4. The van der Waals surface area contributed by atoms with E-state index in [-0.39, 0.29) is 18.2 Å². The molecule has 0 aliphatic carbocycles. The number of urea groups is 1. The number of nitrogens with one attached hydrogen (secondary N) is 3. The fourth-order valence-corrected chi connectivity index (χ4v) is 1.34. The van der Waals surface area contributed by atoms with Gasteiger partial charge in [-0.05, 0) is 19.8 Å². The van der Waals surface area contributed by atoms with Crippen LogP contribution in [0.1, 0.15) is 26.7 Å². The lowest BCUT2D eigenvalue weighted by molar-refractivity contribution is -0.128. The summed E-state index contributed by atoms with van der Waals surface area (Å²) in [5.41, 5.74) is 4.89. The minimum absolute atomic E-state index is 0.168. The van der Waals surface area contributed by atoms with Gasteiger partial charge in [0.15, 0.2) is 5.78 Å². The van der Waals surface area contributed by atoms with Gasteiger partial charge in [0.2, 0.25) is 11.8 Å². The van der Waals surface area contributed by atoms with Crippen molar-refractivity contribution in [2.75, 3.05) is 13.1 Å². The molecule has 0 radical (unpaired) electrons. The summed E-state index contributed by atoms with van der Waals surface area (Å²) in [6.07, 6.45) is 0.898. The Morgan fingerprint density at radius 3 is 2.21 bits per heavy atom. The lowest BCUT2D eigenvalue weighted by Gasteiger charge is -2.16. The zero-order valence-electron chi connectivity index (χ0n) is 11.1. The van der Waals surface area contributed by atoms with E-state index >= 15 is 0 Å². The maximum Gasteiger partial charge on any atom is 0.312 e. The van der Waals surface area contributed by atoms with Gasteiger partial charge in [-0.1, -0.05) is 0 Å². The first-order valence-electron chi connectivity index (χ1n) is 5.90. The van der Waals surface area contributed by atoms with Crippen molar-refractivity contribution in [2.45, 2.75) is 32.7 Å². The number of nitrogens with two attached hydrogens (primary N) is 1. The molecule has 5 N–H and O–H groups in total. The van der Waals surface area contributed by atoms with E-state index < -0.39 is 18.0 Å². The van der Waals surface area contributed by atoms with Gasteiger partial charge in [-0.25, -0.2) is 4.79 Å². The maximum absolute atomic E-state index is 11.4. The van der Waals surface area contributed by atoms with Crippen molar-refractivity contribution in [3.8, 4) is 0 Å². The van der Waals surface area contributed by atoms with Crippen molar-refractivity contribution in [3.63, 3.8) is 0 Å². The van der Waals surface area contributed by atoms with Crippen molar-refractivity contribution in [1.29, 1.82) is 0 Å². The lowest BCUT2D eigenvalue weighted by Crippen LogP contribution is -2.45. The van der Waals surface area contributed by atoms with Crippen LogP contribution in [0.5, 0.6) is 0 Å². The van der Waals surface area contributed by atoms with E-state index in [9.17, 15) is 19.2 Å². The van der Waals surface area contributed by atoms with Crippen LogP contribution in [0, 0.1) is 0 Å². The highest BCUT2D eigenvalue weighted by Crippen LogP contribution is 1.98. The van der Waals surface area contributed by atoms with Crippen molar-refractivity contribution >= 4 is 23.6 Å². The van der Waals surface area contributed by atoms with E-state index in [0.717, 1.165) is 0 Å². The summed E-state index contributed by atoms with van der Waals surface area (Å²) >= 11 is 0. The Balaban J connectivity index is 4.04. The summed E-state index contributed by atoms with van der Waals surface area (Å²) in [7, 11) is 0. The standard InChI is InChI=1S/C11H20N4O4/c1-7(16)9(4-3-5-13-11(12)19)15-10(18)6-14-8(2)17/h9H,3-6H2,1-2H3,(H,14,17)(H,15,18)(H3,12,13,19)/t9-/m0/s1. The smallest absolute Gasteiger partial charge is 0.312 e. The first-order valence-corrected chi connectivity index (χ1v) is 5.90. The fraction of sp³-hybridized carbons (Fsp3) is 0.636. The predicted molar refractivity (Wildman–Crippen MR) is 68.1 cm³/mol. The molecule has 0 saturated carbocycles. The molecule has 108 valence electrons. The minimum Gasteiger partial charge on any atom is -0.352 e. The molecule has 0 aliphatic heterocycles. The third-order valence-electron chi connectivity index (χ3n) is 2.29. The average molecular weight is 272 g/mol. The van der Waals surface area contributed by atoms with Gasteiger partial charge in [-0.3, -0.25) is 14.4 Å². The van der Waals surface area contributed by atoms with Gasteiger partial charge in [0, 0.05) is 13.5 Å². The Kier molecular flexibility index (Phi) is 7.90. The van der Waals surface area contributed by atoms with Crippen molar-refractivity contribution < 1.29 is 19.2 Å². The zero-order chi connectivity index (χ0) is 14.8. The van der Waals surface area contributed by atoms with E-state index in [1.165, 1.54) is 13.8 Å². The van der Waals surface area contributed by atoms with Crippen LogP contribution in [-0.2, 0) is 14.4 Å². The summed E-state index contributed by atoms with van der Waals surface area (Å²) in [6.45, 7) is 2.83. The summed E-state index contributed by atoms with van der Waals surface area (Å²) < 4.78 is 0. The molecule has 4 amide bonds. The average Bonchev–Trinajstić information content (AvgIpc) is 2.29. The molecule has 0 aliphatic rings. The van der Waals surface area contributed by atoms with Crippen LogP contribution < -0.4 is 21.7 Å². The lowest BCUT2D eigenvalue weighted by atomic mass is 10.1. The van der Waals surface area contributed by atoms with E-state index in [4.69, 9.17) is 5.73 Å². The maximum atomic E-state index is 11.4. The first-order chi connectivity index (χ1) is 8.82. The van der Waals surface area contributed by atoms with Crippen LogP contribution >= 0.6 is 0 Å². The molecule has 0 bridgehead atoms. The number of hydrogen-bond acceptors (Lipinski definition) is 4. The van der Waals surface area contributed by atoms with Crippen LogP contribution in [0.3, 0.4) is 0 Å². The molecule has 0 rings (SSSR count). The molecule has 1 atom stereocenters. The molecular formula is C11H20N4O4. The summed E-state index contributed by atoms with van der Waals surface area (Å²) in [5.74, 6) is -0.936. The van der Waals surface area contributed by atoms with Gasteiger partial charge in [-0.15, -0.1) is 0 Å². The number of hydrogen-bond donors (Lipinski definition) is 4. The Morgan fingerprint density at radius 2 is 1.74 bits per heavy atom. The highest BCUT2D eigenvalue weighted by molar-refractivity contribution is 5.89. The summed E-state index contributed by atoms with van der Waals surface area (Å²) in [5, 5.41) is 7.24. The summed E-state index contributed by atoms with van der Waals surface area (Å²) in [4.78, 5) is 43.8. The molecule has 0 fully saturated rings. The Labute approximate surface area is 111 Å². The van der Waals surface area contributed by atoms with Crippen molar-refractivity contribution in [1.82, 2.24) is 16.0 Å². The number of Topliss-reactive ketones (excluding diaryl/α,β-unsaturated/α-hetero) is 1. The number of amides is 4. The molecule has 19 heavy (non-hydrogen) atoms. The highest BCUT2D eigenvalue weighted by atomic mass is 16.2. The third kappa shape index (κ3) is 9.57. The van der Waals surface area contributed by atoms with Gasteiger partial charge in [0.05, 0.1) is 12.6 Å². The quantitative estimate of drug-likeness (QED) is 0.407. The number of primary amides is 1. The molecule has 0 aromatic carbocycles.